The molecule has 3 aromatic rings. The van der Waals surface area contributed by atoms with Crippen LogP contribution >= 0.6 is 0 Å². The summed E-state index contributed by atoms with van der Waals surface area (Å²) in [7, 11) is 0. The fraction of sp³-hybridized carbons (Fsp3) is 0.0556. The van der Waals surface area contributed by atoms with Crippen molar-refractivity contribution in [1.82, 2.24) is 20.5 Å². The second-order valence-corrected chi connectivity index (χ2v) is 5.09. The van der Waals surface area contributed by atoms with E-state index >= 15 is 0 Å². The van der Waals surface area contributed by atoms with Gasteiger partial charge in [-0.05, 0) is 36.4 Å². The zero-order valence-corrected chi connectivity index (χ0v) is 13.2. The number of aromatic nitrogens is 3. The Hall–Kier alpha value is -3.79. The van der Waals surface area contributed by atoms with Crippen LogP contribution in [-0.2, 0) is 6.54 Å². The Morgan fingerprint density at radius 2 is 1.88 bits per heavy atom. The summed E-state index contributed by atoms with van der Waals surface area (Å²) in [5, 5.41) is 22.7. The van der Waals surface area contributed by atoms with Gasteiger partial charge in [0.25, 0.3) is 5.91 Å². The van der Waals surface area contributed by atoms with E-state index in [2.05, 4.69) is 31.9 Å². The summed E-state index contributed by atoms with van der Waals surface area (Å²) in [6.07, 6.45) is 1.67. The lowest BCUT2D eigenvalue weighted by molar-refractivity contribution is 0.0944. The molecule has 0 aliphatic rings. The smallest absolute Gasteiger partial charge is 0.272 e. The molecule has 0 aliphatic carbocycles. The molecule has 0 fully saturated rings. The van der Waals surface area contributed by atoms with Crippen molar-refractivity contribution in [2.45, 2.75) is 6.54 Å². The summed E-state index contributed by atoms with van der Waals surface area (Å²) >= 11 is 0. The van der Waals surface area contributed by atoms with Crippen molar-refractivity contribution in [3.63, 3.8) is 0 Å². The molecule has 1 amide bonds. The monoisotopic (exact) mass is 330 g/mol. The number of carbonyl (C=O) groups is 1. The zero-order valence-electron chi connectivity index (χ0n) is 13.2. The third kappa shape index (κ3) is 4.14. The summed E-state index contributed by atoms with van der Waals surface area (Å²) in [4.78, 5) is 16.2. The summed E-state index contributed by atoms with van der Waals surface area (Å²) < 4.78 is 0. The molecule has 2 N–H and O–H groups in total. The van der Waals surface area contributed by atoms with Crippen molar-refractivity contribution < 1.29 is 4.79 Å². The first-order chi connectivity index (χ1) is 12.3. The third-order valence-electron chi connectivity index (χ3n) is 3.36. The SMILES string of the molecule is N#Cc1ccccc1Nc1ccc(C(=O)NCc2ccccn2)nn1. The van der Waals surface area contributed by atoms with Gasteiger partial charge >= 0.3 is 0 Å². The first-order valence-corrected chi connectivity index (χ1v) is 7.54. The molecule has 3 rings (SSSR count). The highest BCUT2D eigenvalue weighted by atomic mass is 16.1. The standard InChI is InChI=1S/C18H14N6O/c19-11-13-5-1-2-7-15(13)22-17-9-8-16(23-24-17)18(25)21-12-14-6-3-4-10-20-14/h1-10H,12H2,(H,21,25)(H,22,24). The number of nitrogens with one attached hydrogen (secondary N) is 2. The highest BCUT2D eigenvalue weighted by Crippen LogP contribution is 2.18. The molecule has 2 heterocycles. The maximum absolute atomic E-state index is 12.1. The van der Waals surface area contributed by atoms with E-state index in [1.165, 1.54) is 0 Å². The van der Waals surface area contributed by atoms with Crippen LogP contribution in [0.1, 0.15) is 21.7 Å². The largest absolute Gasteiger partial charge is 0.345 e. The summed E-state index contributed by atoms with van der Waals surface area (Å²) in [5.74, 6) is 0.117. The molecule has 1 aromatic carbocycles. The lowest BCUT2D eigenvalue weighted by atomic mass is 10.2. The molecule has 7 nitrogen and oxygen atoms in total. The van der Waals surface area contributed by atoms with Crippen LogP contribution in [0.5, 0.6) is 0 Å². The third-order valence-corrected chi connectivity index (χ3v) is 3.36. The van der Waals surface area contributed by atoms with E-state index in [-0.39, 0.29) is 11.6 Å². The Bertz CT molecular complexity index is 903. The van der Waals surface area contributed by atoms with E-state index in [1.807, 2.05) is 24.3 Å². The number of amides is 1. The number of hydrogen-bond acceptors (Lipinski definition) is 6. The van der Waals surface area contributed by atoms with Gasteiger partial charge in [-0.25, -0.2) is 0 Å². The number of nitriles is 1. The number of benzene rings is 1. The maximum Gasteiger partial charge on any atom is 0.272 e. The van der Waals surface area contributed by atoms with Crippen molar-refractivity contribution >= 4 is 17.4 Å². The molecule has 7 heteroatoms. The van der Waals surface area contributed by atoms with Gasteiger partial charge in [0, 0.05) is 6.20 Å². The van der Waals surface area contributed by atoms with Crippen LogP contribution in [0.15, 0.2) is 60.8 Å². The number of rotatable bonds is 5. The number of para-hydroxylation sites is 1. The van der Waals surface area contributed by atoms with Gasteiger partial charge in [-0.2, -0.15) is 5.26 Å². The van der Waals surface area contributed by atoms with Crippen molar-refractivity contribution in [2.24, 2.45) is 0 Å². The van der Waals surface area contributed by atoms with Gasteiger partial charge in [-0.15, -0.1) is 10.2 Å². The first kappa shape index (κ1) is 16.1. The Morgan fingerprint density at radius 1 is 1.04 bits per heavy atom. The van der Waals surface area contributed by atoms with E-state index in [4.69, 9.17) is 5.26 Å². The molecular formula is C18H14N6O. The minimum absolute atomic E-state index is 0.204. The first-order valence-electron chi connectivity index (χ1n) is 7.54. The van der Waals surface area contributed by atoms with Crippen LogP contribution < -0.4 is 10.6 Å². The van der Waals surface area contributed by atoms with Crippen molar-refractivity contribution in [3.8, 4) is 6.07 Å². The Morgan fingerprint density at radius 3 is 2.60 bits per heavy atom. The average molecular weight is 330 g/mol. The Balaban J connectivity index is 1.64. The predicted molar refractivity (Wildman–Crippen MR) is 91.9 cm³/mol. The molecule has 0 bridgehead atoms. The fourth-order valence-corrected chi connectivity index (χ4v) is 2.11. The summed E-state index contributed by atoms with van der Waals surface area (Å²) in [6, 6.07) is 17.9. The Labute approximate surface area is 144 Å². The van der Waals surface area contributed by atoms with E-state index in [0.717, 1.165) is 5.69 Å². The molecule has 0 saturated carbocycles. The molecule has 0 saturated heterocycles. The molecule has 122 valence electrons. The van der Waals surface area contributed by atoms with Crippen molar-refractivity contribution in [2.75, 3.05) is 5.32 Å². The number of hydrogen-bond donors (Lipinski definition) is 2. The van der Waals surface area contributed by atoms with E-state index in [0.29, 0.717) is 23.6 Å². The van der Waals surface area contributed by atoms with Crippen LogP contribution in [0.4, 0.5) is 11.5 Å². The normalized spacial score (nSPS) is 9.88. The van der Waals surface area contributed by atoms with Crippen molar-refractivity contribution in [1.29, 1.82) is 5.26 Å². The highest BCUT2D eigenvalue weighted by molar-refractivity contribution is 5.92. The van der Waals surface area contributed by atoms with Crippen LogP contribution in [0.2, 0.25) is 0 Å². The predicted octanol–water partition coefficient (Wildman–Crippen LogP) is 2.42. The maximum atomic E-state index is 12.1. The molecule has 2 aromatic heterocycles. The van der Waals surface area contributed by atoms with E-state index < -0.39 is 0 Å². The minimum Gasteiger partial charge on any atom is -0.345 e. The van der Waals surface area contributed by atoms with Gasteiger partial charge in [0.2, 0.25) is 0 Å². The molecule has 25 heavy (non-hydrogen) atoms. The highest BCUT2D eigenvalue weighted by Gasteiger charge is 2.09. The lowest BCUT2D eigenvalue weighted by Crippen LogP contribution is -2.24. The zero-order chi connectivity index (χ0) is 17.5. The fourth-order valence-electron chi connectivity index (χ4n) is 2.11. The molecule has 0 spiro atoms. The average Bonchev–Trinajstić information content (AvgIpc) is 2.68. The second-order valence-electron chi connectivity index (χ2n) is 5.09. The van der Waals surface area contributed by atoms with Crippen LogP contribution in [0, 0.1) is 11.3 Å². The number of carbonyl (C=O) groups excluding carboxylic acids is 1. The van der Waals surface area contributed by atoms with Gasteiger partial charge in [-0.3, -0.25) is 9.78 Å². The van der Waals surface area contributed by atoms with Gasteiger partial charge < -0.3 is 10.6 Å². The minimum atomic E-state index is -0.331. The molecule has 0 radical (unpaired) electrons. The quantitative estimate of drug-likeness (QED) is 0.744. The number of pyridine rings is 1. The molecule has 0 atom stereocenters. The number of anilines is 2. The molecule has 0 unspecified atom stereocenters. The lowest BCUT2D eigenvalue weighted by Gasteiger charge is -2.07. The van der Waals surface area contributed by atoms with Gasteiger partial charge in [0.15, 0.2) is 11.5 Å². The van der Waals surface area contributed by atoms with Gasteiger partial charge in [0.05, 0.1) is 23.5 Å². The van der Waals surface area contributed by atoms with Crippen LogP contribution in [0.25, 0.3) is 0 Å². The van der Waals surface area contributed by atoms with Gasteiger partial charge in [0.1, 0.15) is 6.07 Å². The van der Waals surface area contributed by atoms with Crippen LogP contribution in [0.3, 0.4) is 0 Å². The number of nitrogens with zero attached hydrogens (tertiary/aromatic N) is 4. The van der Waals surface area contributed by atoms with E-state index in [1.54, 1.807) is 36.5 Å². The topological polar surface area (TPSA) is 104 Å². The summed E-state index contributed by atoms with van der Waals surface area (Å²) in [5.41, 5.74) is 2.10. The molecule has 0 aliphatic heterocycles. The summed E-state index contributed by atoms with van der Waals surface area (Å²) in [6.45, 7) is 0.316. The Kier molecular flexibility index (Phi) is 4.93. The van der Waals surface area contributed by atoms with Gasteiger partial charge in [-0.1, -0.05) is 18.2 Å². The van der Waals surface area contributed by atoms with Crippen LogP contribution in [-0.4, -0.2) is 21.1 Å². The van der Waals surface area contributed by atoms with Crippen molar-refractivity contribution in [3.05, 3.63) is 77.7 Å². The van der Waals surface area contributed by atoms with E-state index in [9.17, 15) is 4.79 Å². The molecular weight excluding hydrogens is 316 g/mol. The second kappa shape index (κ2) is 7.66.